The SMILES string of the molecule is COc1ccc(C2=NO[C@H](Cn3c(=O)c4c(ncn4C)n(C)c3=O)C2)cc1OC. The largest absolute Gasteiger partial charge is 0.493 e. The van der Waals surface area contributed by atoms with Crippen molar-refractivity contribution in [2.45, 2.75) is 19.1 Å². The lowest BCUT2D eigenvalue weighted by Crippen LogP contribution is -2.42. The van der Waals surface area contributed by atoms with Gasteiger partial charge in [-0.25, -0.2) is 9.78 Å². The highest BCUT2D eigenvalue weighted by atomic mass is 16.6. The van der Waals surface area contributed by atoms with Crippen molar-refractivity contribution in [2.24, 2.45) is 19.3 Å². The first kappa shape index (κ1) is 18.8. The fourth-order valence-corrected chi connectivity index (χ4v) is 3.47. The van der Waals surface area contributed by atoms with E-state index in [2.05, 4.69) is 10.1 Å². The quantitative estimate of drug-likeness (QED) is 0.624. The average molecular weight is 399 g/mol. The standard InChI is InChI=1S/C19H21N5O5/c1-22-10-20-17-16(22)18(25)24(19(26)23(17)2)9-12-8-13(21-29-12)11-5-6-14(27-3)15(7-11)28-4/h5-7,10,12H,8-9H2,1-4H3/t12-/m0/s1. The molecule has 10 nitrogen and oxygen atoms in total. The highest BCUT2D eigenvalue weighted by Crippen LogP contribution is 2.29. The van der Waals surface area contributed by atoms with Crippen LogP contribution < -0.4 is 20.7 Å². The van der Waals surface area contributed by atoms with Gasteiger partial charge in [-0.2, -0.15) is 0 Å². The van der Waals surface area contributed by atoms with E-state index < -0.39 is 17.4 Å². The molecule has 3 aromatic rings. The monoisotopic (exact) mass is 399 g/mol. The van der Waals surface area contributed by atoms with Crippen LogP contribution in [0.2, 0.25) is 0 Å². The number of rotatable bonds is 5. The second-order valence-electron chi connectivity index (χ2n) is 6.82. The lowest BCUT2D eigenvalue weighted by atomic mass is 10.0. The van der Waals surface area contributed by atoms with Crippen LogP contribution in [0.25, 0.3) is 11.2 Å². The number of hydrogen-bond donors (Lipinski definition) is 0. The van der Waals surface area contributed by atoms with Crippen molar-refractivity contribution in [3.8, 4) is 11.5 Å². The molecule has 1 aromatic carbocycles. The summed E-state index contributed by atoms with van der Waals surface area (Å²) in [5.74, 6) is 1.20. The van der Waals surface area contributed by atoms with Crippen molar-refractivity contribution in [3.63, 3.8) is 0 Å². The van der Waals surface area contributed by atoms with E-state index in [1.807, 2.05) is 12.1 Å². The first-order valence-electron chi connectivity index (χ1n) is 9.00. The van der Waals surface area contributed by atoms with Crippen LogP contribution in [0.1, 0.15) is 12.0 Å². The van der Waals surface area contributed by atoms with Gasteiger partial charge in [-0.05, 0) is 18.2 Å². The summed E-state index contributed by atoms with van der Waals surface area (Å²) in [6.07, 6.45) is 1.53. The Balaban J connectivity index is 1.60. The number of oxime groups is 1. The Morgan fingerprint density at radius 2 is 1.93 bits per heavy atom. The fraction of sp³-hybridized carbons (Fsp3) is 0.368. The third-order valence-corrected chi connectivity index (χ3v) is 5.04. The van der Waals surface area contributed by atoms with Gasteiger partial charge in [0.05, 0.1) is 32.8 Å². The van der Waals surface area contributed by atoms with E-state index >= 15 is 0 Å². The first-order chi connectivity index (χ1) is 13.9. The van der Waals surface area contributed by atoms with Crippen LogP contribution in [0.3, 0.4) is 0 Å². The molecular formula is C19H21N5O5. The average Bonchev–Trinajstić information content (AvgIpc) is 3.36. The topological polar surface area (TPSA) is 102 Å². The van der Waals surface area contributed by atoms with E-state index in [0.29, 0.717) is 34.8 Å². The Hall–Kier alpha value is -3.56. The van der Waals surface area contributed by atoms with Crippen LogP contribution in [0.15, 0.2) is 39.3 Å². The van der Waals surface area contributed by atoms with E-state index in [9.17, 15) is 9.59 Å². The summed E-state index contributed by atoms with van der Waals surface area (Å²) in [4.78, 5) is 35.1. The van der Waals surface area contributed by atoms with Gasteiger partial charge in [0.25, 0.3) is 5.56 Å². The second kappa shape index (κ2) is 7.12. The maximum Gasteiger partial charge on any atom is 0.332 e. The summed E-state index contributed by atoms with van der Waals surface area (Å²) in [7, 11) is 6.44. The molecule has 152 valence electrons. The molecule has 1 aliphatic rings. The summed E-state index contributed by atoms with van der Waals surface area (Å²) < 4.78 is 14.7. The number of benzene rings is 1. The van der Waals surface area contributed by atoms with Crippen molar-refractivity contribution in [2.75, 3.05) is 14.2 Å². The number of ether oxygens (including phenoxy) is 2. The Labute approximate surface area is 165 Å². The molecule has 4 rings (SSSR count). The molecule has 0 spiro atoms. The maximum absolute atomic E-state index is 12.8. The van der Waals surface area contributed by atoms with Crippen LogP contribution in [0, 0.1) is 0 Å². The van der Waals surface area contributed by atoms with Crippen LogP contribution in [0.5, 0.6) is 11.5 Å². The molecule has 0 fully saturated rings. The molecule has 0 bridgehead atoms. The van der Waals surface area contributed by atoms with Crippen LogP contribution >= 0.6 is 0 Å². The van der Waals surface area contributed by atoms with Crippen molar-refractivity contribution >= 4 is 16.9 Å². The van der Waals surface area contributed by atoms with Crippen molar-refractivity contribution in [3.05, 3.63) is 50.9 Å². The van der Waals surface area contributed by atoms with Crippen molar-refractivity contribution in [1.29, 1.82) is 0 Å². The molecule has 3 heterocycles. The summed E-state index contributed by atoms with van der Waals surface area (Å²) in [6, 6.07) is 5.47. The van der Waals surface area contributed by atoms with Gasteiger partial charge in [-0.3, -0.25) is 13.9 Å². The molecule has 0 unspecified atom stereocenters. The molecule has 1 aliphatic heterocycles. The lowest BCUT2D eigenvalue weighted by molar-refractivity contribution is 0.0706. The van der Waals surface area contributed by atoms with E-state index in [1.165, 1.54) is 15.5 Å². The molecule has 0 radical (unpaired) electrons. The van der Waals surface area contributed by atoms with E-state index in [4.69, 9.17) is 14.3 Å². The summed E-state index contributed by atoms with van der Waals surface area (Å²) in [6.45, 7) is 0.0902. The zero-order valence-electron chi connectivity index (χ0n) is 16.6. The Morgan fingerprint density at radius 3 is 2.66 bits per heavy atom. The molecule has 0 amide bonds. The van der Waals surface area contributed by atoms with Gasteiger partial charge in [0, 0.05) is 26.1 Å². The second-order valence-corrected chi connectivity index (χ2v) is 6.82. The maximum atomic E-state index is 12.8. The number of aromatic nitrogens is 4. The minimum atomic E-state index is -0.440. The van der Waals surface area contributed by atoms with Gasteiger partial charge < -0.3 is 18.9 Å². The van der Waals surface area contributed by atoms with Crippen LogP contribution in [-0.2, 0) is 25.5 Å². The van der Waals surface area contributed by atoms with Gasteiger partial charge in [0.15, 0.2) is 28.8 Å². The highest BCUT2D eigenvalue weighted by Gasteiger charge is 2.26. The van der Waals surface area contributed by atoms with E-state index in [-0.39, 0.29) is 6.54 Å². The number of methoxy groups -OCH3 is 2. The molecule has 2 aromatic heterocycles. The Bertz CT molecular complexity index is 1240. The number of fused-ring (bicyclic) bond motifs is 1. The van der Waals surface area contributed by atoms with Gasteiger partial charge in [0.1, 0.15) is 0 Å². The predicted molar refractivity (Wildman–Crippen MR) is 106 cm³/mol. The zero-order chi connectivity index (χ0) is 20.7. The number of nitrogens with zero attached hydrogens (tertiary/aromatic N) is 5. The van der Waals surface area contributed by atoms with Crippen molar-refractivity contribution < 1.29 is 14.3 Å². The van der Waals surface area contributed by atoms with E-state index in [0.717, 1.165) is 5.56 Å². The molecule has 0 saturated heterocycles. The Kier molecular flexibility index (Phi) is 4.61. The third-order valence-electron chi connectivity index (χ3n) is 5.04. The van der Waals surface area contributed by atoms with Crippen LogP contribution in [-0.4, -0.2) is 44.7 Å². The molecular weight excluding hydrogens is 378 g/mol. The normalized spacial score (nSPS) is 16.0. The highest BCUT2D eigenvalue weighted by molar-refractivity contribution is 6.01. The lowest BCUT2D eigenvalue weighted by Gasteiger charge is -2.12. The summed E-state index contributed by atoms with van der Waals surface area (Å²) >= 11 is 0. The molecule has 29 heavy (non-hydrogen) atoms. The van der Waals surface area contributed by atoms with Gasteiger partial charge in [-0.15, -0.1) is 0 Å². The Morgan fingerprint density at radius 1 is 1.17 bits per heavy atom. The van der Waals surface area contributed by atoms with Crippen LogP contribution in [0.4, 0.5) is 0 Å². The number of hydrogen-bond acceptors (Lipinski definition) is 7. The number of aryl methyl sites for hydroxylation is 2. The van der Waals surface area contributed by atoms with Gasteiger partial charge in [0.2, 0.25) is 0 Å². The first-order valence-corrected chi connectivity index (χ1v) is 9.00. The van der Waals surface area contributed by atoms with E-state index in [1.54, 1.807) is 38.9 Å². The van der Waals surface area contributed by atoms with Crippen molar-refractivity contribution in [1.82, 2.24) is 18.7 Å². The molecule has 10 heteroatoms. The third kappa shape index (κ3) is 3.06. The molecule has 0 aliphatic carbocycles. The van der Waals surface area contributed by atoms with Gasteiger partial charge >= 0.3 is 5.69 Å². The zero-order valence-corrected chi connectivity index (χ0v) is 16.6. The number of imidazole rings is 1. The smallest absolute Gasteiger partial charge is 0.332 e. The molecule has 0 saturated carbocycles. The van der Waals surface area contributed by atoms with Gasteiger partial charge in [-0.1, -0.05) is 5.16 Å². The molecule has 0 N–H and O–H groups in total. The minimum Gasteiger partial charge on any atom is -0.493 e. The minimum absolute atomic E-state index is 0.0902. The summed E-state index contributed by atoms with van der Waals surface area (Å²) in [5.41, 5.74) is 1.42. The predicted octanol–water partition coefficient (Wildman–Crippen LogP) is 0.644. The summed E-state index contributed by atoms with van der Waals surface area (Å²) in [5, 5.41) is 4.14. The molecule has 1 atom stereocenters. The fourth-order valence-electron chi connectivity index (χ4n) is 3.47.